The third kappa shape index (κ3) is 2.97. The summed E-state index contributed by atoms with van der Waals surface area (Å²) in [6.45, 7) is 0. The van der Waals surface area contributed by atoms with Crippen molar-refractivity contribution in [3.63, 3.8) is 0 Å². The average Bonchev–Trinajstić information content (AvgIpc) is 2.27. The predicted molar refractivity (Wildman–Crippen MR) is 75.6 cm³/mol. The van der Waals surface area contributed by atoms with Crippen molar-refractivity contribution in [3.8, 4) is 0 Å². The standard InChI is InChI=1S/C12H9Cl3N2/c13-7-2-4-11(9(15)5-7)17-12-6-8(14)1-3-10(12)16/h1-6,17H,16H2. The Hall–Kier alpha value is -1.09. The van der Waals surface area contributed by atoms with Crippen molar-refractivity contribution in [2.75, 3.05) is 11.1 Å². The van der Waals surface area contributed by atoms with Crippen LogP contribution in [0.2, 0.25) is 15.1 Å². The Kier molecular flexibility index (Phi) is 3.67. The third-order valence-corrected chi connectivity index (χ3v) is 3.00. The minimum atomic E-state index is 0.525. The van der Waals surface area contributed by atoms with E-state index in [1.807, 2.05) is 0 Å². The molecule has 0 heterocycles. The van der Waals surface area contributed by atoms with Crippen molar-refractivity contribution in [3.05, 3.63) is 51.5 Å². The lowest BCUT2D eigenvalue weighted by molar-refractivity contribution is 1.54. The van der Waals surface area contributed by atoms with Crippen LogP contribution < -0.4 is 11.1 Å². The first kappa shape index (κ1) is 12.4. The average molecular weight is 288 g/mol. The van der Waals surface area contributed by atoms with Crippen LogP contribution in [0.1, 0.15) is 0 Å². The fourth-order valence-electron chi connectivity index (χ4n) is 1.37. The van der Waals surface area contributed by atoms with Crippen molar-refractivity contribution >= 4 is 51.9 Å². The maximum Gasteiger partial charge on any atom is 0.0655 e. The van der Waals surface area contributed by atoms with Gasteiger partial charge in [0.25, 0.3) is 0 Å². The van der Waals surface area contributed by atoms with E-state index in [4.69, 9.17) is 40.5 Å². The van der Waals surface area contributed by atoms with Gasteiger partial charge in [-0.1, -0.05) is 34.8 Å². The topological polar surface area (TPSA) is 38.0 Å². The molecule has 5 heteroatoms. The van der Waals surface area contributed by atoms with Gasteiger partial charge in [0, 0.05) is 10.0 Å². The summed E-state index contributed by atoms with van der Waals surface area (Å²) in [5, 5.41) is 4.82. The molecular formula is C12H9Cl3N2. The molecule has 0 saturated heterocycles. The molecule has 0 amide bonds. The molecule has 0 fully saturated rings. The molecule has 17 heavy (non-hydrogen) atoms. The Morgan fingerprint density at radius 1 is 0.824 bits per heavy atom. The maximum absolute atomic E-state index is 6.05. The fourth-order valence-corrected chi connectivity index (χ4v) is 2.00. The molecule has 2 aromatic carbocycles. The zero-order valence-corrected chi connectivity index (χ0v) is 10.9. The summed E-state index contributed by atoms with van der Waals surface area (Å²) >= 11 is 17.8. The van der Waals surface area contributed by atoms with E-state index >= 15 is 0 Å². The van der Waals surface area contributed by atoms with E-state index in [0.29, 0.717) is 26.4 Å². The zero-order valence-electron chi connectivity index (χ0n) is 8.68. The highest BCUT2D eigenvalue weighted by Gasteiger charge is 2.04. The molecule has 0 atom stereocenters. The van der Waals surface area contributed by atoms with E-state index in [-0.39, 0.29) is 0 Å². The van der Waals surface area contributed by atoms with Crippen LogP contribution in [0.15, 0.2) is 36.4 Å². The molecule has 0 aliphatic heterocycles. The molecule has 0 saturated carbocycles. The third-order valence-electron chi connectivity index (χ3n) is 2.22. The minimum absolute atomic E-state index is 0.525. The van der Waals surface area contributed by atoms with Crippen LogP contribution >= 0.6 is 34.8 Å². The largest absolute Gasteiger partial charge is 0.397 e. The first-order valence-corrected chi connectivity index (χ1v) is 5.97. The second kappa shape index (κ2) is 5.05. The van der Waals surface area contributed by atoms with Crippen molar-refractivity contribution in [1.29, 1.82) is 0 Å². The number of hydrogen-bond acceptors (Lipinski definition) is 2. The van der Waals surface area contributed by atoms with Crippen LogP contribution in [-0.4, -0.2) is 0 Å². The Labute approximate surface area is 114 Å². The summed E-state index contributed by atoms with van der Waals surface area (Å²) in [4.78, 5) is 0. The quantitative estimate of drug-likeness (QED) is 0.765. The number of halogens is 3. The maximum atomic E-state index is 6.05. The van der Waals surface area contributed by atoms with Gasteiger partial charge in [-0.2, -0.15) is 0 Å². The molecule has 0 bridgehead atoms. The summed E-state index contributed by atoms with van der Waals surface area (Å²) in [6, 6.07) is 10.4. The lowest BCUT2D eigenvalue weighted by atomic mass is 10.2. The number of nitrogen functional groups attached to an aromatic ring is 1. The molecule has 2 aromatic rings. The van der Waals surface area contributed by atoms with Gasteiger partial charge in [0.05, 0.1) is 22.1 Å². The molecule has 88 valence electrons. The molecule has 0 aliphatic carbocycles. The molecular weight excluding hydrogens is 279 g/mol. The van der Waals surface area contributed by atoms with Crippen LogP contribution in [0.3, 0.4) is 0 Å². The summed E-state index contributed by atoms with van der Waals surface area (Å²) in [5.74, 6) is 0. The number of anilines is 3. The van der Waals surface area contributed by atoms with Crippen LogP contribution in [0.25, 0.3) is 0 Å². The number of nitrogens with two attached hydrogens (primary N) is 1. The monoisotopic (exact) mass is 286 g/mol. The first-order valence-electron chi connectivity index (χ1n) is 4.83. The molecule has 0 unspecified atom stereocenters. The van der Waals surface area contributed by atoms with E-state index in [1.165, 1.54) is 0 Å². The molecule has 2 nitrogen and oxygen atoms in total. The van der Waals surface area contributed by atoms with E-state index in [9.17, 15) is 0 Å². The van der Waals surface area contributed by atoms with Crippen molar-refractivity contribution in [1.82, 2.24) is 0 Å². The van der Waals surface area contributed by atoms with Crippen molar-refractivity contribution < 1.29 is 0 Å². The summed E-state index contributed by atoms with van der Waals surface area (Å²) in [7, 11) is 0. The Balaban J connectivity index is 2.34. The highest BCUT2D eigenvalue weighted by Crippen LogP contribution is 2.31. The highest BCUT2D eigenvalue weighted by molar-refractivity contribution is 6.36. The summed E-state index contributed by atoms with van der Waals surface area (Å²) < 4.78 is 0. The molecule has 0 aliphatic rings. The summed E-state index contributed by atoms with van der Waals surface area (Å²) in [6.07, 6.45) is 0. The lowest BCUT2D eigenvalue weighted by Crippen LogP contribution is -1.96. The van der Waals surface area contributed by atoms with E-state index in [2.05, 4.69) is 5.32 Å². The van der Waals surface area contributed by atoms with E-state index in [0.717, 1.165) is 5.69 Å². The van der Waals surface area contributed by atoms with Gasteiger partial charge >= 0.3 is 0 Å². The van der Waals surface area contributed by atoms with Gasteiger partial charge in [-0.3, -0.25) is 0 Å². The van der Waals surface area contributed by atoms with Gasteiger partial charge < -0.3 is 11.1 Å². The molecule has 0 radical (unpaired) electrons. The predicted octanol–water partition coefficient (Wildman–Crippen LogP) is 4.97. The number of rotatable bonds is 2. The smallest absolute Gasteiger partial charge is 0.0655 e. The van der Waals surface area contributed by atoms with Gasteiger partial charge in [0.2, 0.25) is 0 Å². The highest BCUT2D eigenvalue weighted by atomic mass is 35.5. The van der Waals surface area contributed by atoms with Crippen molar-refractivity contribution in [2.45, 2.75) is 0 Å². The fraction of sp³-hybridized carbons (Fsp3) is 0. The Morgan fingerprint density at radius 2 is 1.47 bits per heavy atom. The van der Waals surface area contributed by atoms with Gasteiger partial charge in [0.1, 0.15) is 0 Å². The van der Waals surface area contributed by atoms with Gasteiger partial charge in [-0.05, 0) is 36.4 Å². The van der Waals surface area contributed by atoms with Gasteiger partial charge in [0.15, 0.2) is 0 Å². The van der Waals surface area contributed by atoms with Gasteiger partial charge in [-0.15, -0.1) is 0 Å². The van der Waals surface area contributed by atoms with E-state index in [1.54, 1.807) is 36.4 Å². The molecule has 0 aromatic heterocycles. The second-order valence-corrected chi connectivity index (χ2v) is 4.76. The molecule has 2 rings (SSSR count). The Bertz CT molecular complexity index is 555. The Morgan fingerprint density at radius 3 is 2.18 bits per heavy atom. The van der Waals surface area contributed by atoms with E-state index < -0.39 is 0 Å². The SMILES string of the molecule is Nc1ccc(Cl)cc1Nc1ccc(Cl)cc1Cl. The van der Waals surface area contributed by atoms with Crippen molar-refractivity contribution in [2.24, 2.45) is 0 Å². The zero-order chi connectivity index (χ0) is 12.4. The van der Waals surface area contributed by atoms with Crippen LogP contribution in [0, 0.1) is 0 Å². The molecule has 0 spiro atoms. The lowest BCUT2D eigenvalue weighted by Gasteiger charge is -2.11. The first-order chi connectivity index (χ1) is 8.06. The van der Waals surface area contributed by atoms with Gasteiger partial charge in [-0.25, -0.2) is 0 Å². The minimum Gasteiger partial charge on any atom is -0.397 e. The summed E-state index contributed by atoms with van der Waals surface area (Å²) in [5.41, 5.74) is 7.86. The normalized spacial score (nSPS) is 10.3. The van der Waals surface area contributed by atoms with Crippen LogP contribution in [0.4, 0.5) is 17.1 Å². The molecule has 3 N–H and O–H groups in total. The number of hydrogen-bond donors (Lipinski definition) is 2. The second-order valence-electron chi connectivity index (χ2n) is 3.48. The number of benzene rings is 2. The van der Waals surface area contributed by atoms with Crippen LogP contribution in [-0.2, 0) is 0 Å². The number of nitrogens with one attached hydrogen (secondary N) is 1. The van der Waals surface area contributed by atoms with Crippen LogP contribution in [0.5, 0.6) is 0 Å².